The van der Waals surface area contributed by atoms with Crippen LogP contribution in [0.3, 0.4) is 0 Å². The van der Waals surface area contributed by atoms with Gasteiger partial charge in [0.05, 0.1) is 9.47 Å². The van der Waals surface area contributed by atoms with Crippen LogP contribution in [0, 0.1) is 0 Å². The number of thiol groups is 2. The van der Waals surface area contributed by atoms with Crippen LogP contribution in [-0.4, -0.2) is 9.80 Å². The molecule has 1 amide bonds. The lowest BCUT2D eigenvalue weighted by atomic mass is 11.3. The van der Waals surface area contributed by atoms with Gasteiger partial charge in [-0.3, -0.25) is 0 Å². The molecular formula is CH4NO2PS2. The molecule has 1 unspecified atom stereocenters. The number of hydrogen-bond acceptors (Lipinski definition) is 4. The van der Waals surface area contributed by atoms with E-state index in [4.69, 9.17) is 0 Å². The third-order valence-electron chi connectivity index (χ3n) is 0.264. The molecule has 0 spiro atoms. The van der Waals surface area contributed by atoms with Crippen molar-refractivity contribution >= 4 is 41.2 Å². The Bertz CT molecular complexity index is 76.1. The highest BCUT2D eigenvalue weighted by Crippen LogP contribution is 2.02. The summed E-state index contributed by atoms with van der Waals surface area (Å²) in [7, 11) is 1.77. The van der Waals surface area contributed by atoms with Crippen LogP contribution in [0.1, 0.15) is 0 Å². The van der Waals surface area contributed by atoms with Crippen molar-refractivity contribution in [3.63, 3.8) is 0 Å². The molecule has 0 saturated carbocycles. The first-order chi connectivity index (χ1) is 3.18. The molecule has 1 atom stereocenters. The Balaban J connectivity index is 3.35. The first-order valence-electron chi connectivity index (χ1n) is 1.27. The average molecular weight is 157 g/mol. The van der Waals surface area contributed by atoms with Crippen LogP contribution in [-0.2, 0) is 4.52 Å². The molecule has 0 fully saturated rings. The molecule has 42 valence electrons. The fourth-order valence-electron chi connectivity index (χ4n) is 0.0471. The first kappa shape index (κ1) is 7.40. The van der Waals surface area contributed by atoms with Crippen molar-refractivity contribution < 1.29 is 9.32 Å². The second-order valence-electron chi connectivity index (χ2n) is 0.673. The van der Waals surface area contributed by atoms with Gasteiger partial charge in [0.2, 0.25) is 0 Å². The quantitative estimate of drug-likeness (QED) is 0.404. The van der Waals surface area contributed by atoms with Crippen molar-refractivity contribution in [2.24, 2.45) is 0 Å². The Morgan fingerprint density at radius 1 is 1.71 bits per heavy atom. The van der Waals surface area contributed by atoms with Crippen LogP contribution in [0.5, 0.6) is 0 Å². The van der Waals surface area contributed by atoms with E-state index in [1.807, 2.05) is 0 Å². The highest BCUT2D eigenvalue weighted by atomic mass is 32.2. The lowest BCUT2D eigenvalue weighted by molar-refractivity contribution is 0.205. The van der Waals surface area contributed by atoms with E-state index in [-0.39, 0.29) is 0 Å². The molecule has 0 radical (unpaired) electrons. The topological polar surface area (TPSA) is 29.5 Å². The van der Waals surface area contributed by atoms with Gasteiger partial charge in [-0.2, -0.15) is 3.71 Å². The highest BCUT2D eigenvalue weighted by Gasteiger charge is 2.00. The summed E-state index contributed by atoms with van der Waals surface area (Å²) in [6.45, 7) is 0. The van der Waals surface area contributed by atoms with E-state index in [0.29, 0.717) is 0 Å². The van der Waals surface area contributed by atoms with E-state index in [9.17, 15) is 4.79 Å². The average Bonchev–Trinajstić information content (AvgIpc) is 1.65. The Hall–Kier alpha value is 0.400. The minimum Gasteiger partial charge on any atom is -0.434 e. The molecule has 0 aliphatic carbocycles. The Morgan fingerprint density at radius 2 is 2.14 bits per heavy atom. The zero-order valence-electron chi connectivity index (χ0n) is 3.24. The summed E-state index contributed by atoms with van der Waals surface area (Å²) in [6.07, 6.45) is -0.628. The molecule has 0 aromatic rings. The maximum Gasteiger partial charge on any atom is 0.432 e. The van der Waals surface area contributed by atoms with Gasteiger partial charge < -0.3 is 4.52 Å². The van der Waals surface area contributed by atoms with Crippen LogP contribution >= 0.6 is 35.1 Å². The lowest BCUT2D eigenvalue weighted by Crippen LogP contribution is -2.07. The lowest BCUT2D eigenvalue weighted by Gasteiger charge is -2.01. The third-order valence-corrected chi connectivity index (χ3v) is 0.792. The molecule has 0 N–H and O–H groups in total. The molecule has 0 rings (SSSR count). The summed E-state index contributed by atoms with van der Waals surface area (Å²) in [5.74, 6) is 0. The predicted octanol–water partition coefficient (Wildman–Crippen LogP) is 0.905. The number of rotatable bonds is 0. The SMILES string of the molecule is O=C(OP)N(S)S. The summed E-state index contributed by atoms with van der Waals surface area (Å²) in [5.41, 5.74) is 0. The van der Waals surface area contributed by atoms with E-state index >= 15 is 0 Å². The van der Waals surface area contributed by atoms with E-state index in [1.54, 1.807) is 9.47 Å². The molecule has 0 aliphatic heterocycles. The number of nitrogens with zero attached hydrogens (tertiary/aromatic N) is 1. The van der Waals surface area contributed by atoms with Gasteiger partial charge in [-0.05, 0) is 25.6 Å². The van der Waals surface area contributed by atoms with Crippen LogP contribution in [0.15, 0.2) is 0 Å². The van der Waals surface area contributed by atoms with E-state index in [0.717, 1.165) is 3.71 Å². The zero-order chi connectivity index (χ0) is 5.86. The van der Waals surface area contributed by atoms with Crippen molar-refractivity contribution in [3.05, 3.63) is 0 Å². The van der Waals surface area contributed by atoms with Crippen molar-refractivity contribution in [1.29, 1.82) is 0 Å². The van der Waals surface area contributed by atoms with Crippen molar-refractivity contribution in [2.45, 2.75) is 0 Å². The van der Waals surface area contributed by atoms with E-state index in [1.165, 1.54) is 0 Å². The predicted molar refractivity (Wildman–Crippen MR) is 36.0 cm³/mol. The molecule has 0 aliphatic rings. The summed E-state index contributed by atoms with van der Waals surface area (Å²) >= 11 is 6.97. The van der Waals surface area contributed by atoms with Gasteiger partial charge in [-0.25, -0.2) is 4.79 Å². The molecule has 0 heterocycles. The molecule has 0 aromatic heterocycles. The monoisotopic (exact) mass is 157 g/mol. The van der Waals surface area contributed by atoms with Crippen LogP contribution in [0.4, 0.5) is 4.79 Å². The first-order valence-corrected chi connectivity index (χ1v) is 2.54. The zero-order valence-corrected chi connectivity index (χ0v) is 6.18. The highest BCUT2D eigenvalue weighted by molar-refractivity contribution is 7.94. The second kappa shape index (κ2) is 3.41. The fourth-order valence-corrected chi connectivity index (χ4v) is 0.424. The van der Waals surface area contributed by atoms with Gasteiger partial charge in [-0.15, -0.1) is 0 Å². The van der Waals surface area contributed by atoms with Gasteiger partial charge in [0.1, 0.15) is 0 Å². The Kier molecular flexibility index (Phi) is 3.60. The molecule has 0 bridgehead atoms. The summed E-state index contributed by atoms with van der Waals surface area (Å²) in [4.78, 5) is 10.0. The molecule has 0 aromatic carbocycles. The third kappa shape index (κ3) is 3.02. The molecule has 7 heavy (non-hydrogen) atoms. The summed E-state index contributed by atoms with van der Waals surface area (Å²) in [5, 5.41) is 0. The number of hydrogen-bond donors (Lipinski definition) is 2. The smallest absolute Gasteiger partial charge is 0.432 e. The normalized spacial score (nSPS) is 7.86. The largest absolute Gasteiger partial charge is 0.434 e. The molecule has 6 heteroatoms. The van der Waals surface area contributed by atoms with Crippen LogP contribution in [0.25, 0.3) is 0 Å². The minimum absolute atomic E-state index is 0.628. The van der Waals surface area contributed by atoms with Gasteiger partial charge in [0.15, 0.2) is 0 Å². The number of carbonyl (C=O) groups excluding carboxylic acids is 1. The fraction of sp³-hybridized carbons (Fsp3) is 0. The molecular weight excluding hydrogens is 153 g/mol. The van der Waals surface area contributed by atoms with Crippen LogP contribution in [0.2, 0.25) is 0 Å². The standard InChI is InChI=1S/CH4NO2PS2/c3-1(4-5)2(6)7/h6-7H,5H2. The van der Waals surface area contributed by atoms with Gasteiger partial charge in [0.25, 0.3) is 0 Å². The van der Waals surface area contributed by atoms with Crippen molar-refractivity contribution in [2.75, 3.05) is 0 Å². The maximum absolute atomic E-state index is 10.0. The summed E-state index contributed by atoms with van der Waals surface area (Å²) in [6, 6.07) is 0. The van der Waals surface area contributed by atoms with Crippen molar-refractivity contribution in [1.82, 2.24) is 3.71 Å². The van der Waals surface area contributed by atoms with Crippen LogP contribution < -0.4 is 0 Å². The van der Waals surface area contributed by atoms with Crippen molar-refractivity contribution in [3.8, 4) is 0 Å². The van der Waals surface area contributed by atoms with Gasteiger partial charge >= 0.3 is 6.09 Å². The van der Waals surface area contributed by atoms with E-state index in [2.05, 4.69) is 30.2 Å². The molecule has 0 saturated heterocycles. The molecule has 3 nitrogen and oxygen atoms in total. The summed E-state index contributed by atoms with van der Waals surface area (Å²) < 4.78 is 4.79. The minimum atomic E-state index is -0.628. The maximum atomic E-state index is 10.0. The van der Waals surface area contributed by atoms with E-state index < -0.39 is 6.09 Å². The second-order valence-corrected chi connectivity index (χ2v) is 2.02. The van der Waals surface area contributed by atoms with Gasteiger partial charge in [-0.1, -0.05) is 0 Å². The van der Waals surface area contributed by atoms with Gasteiger partial charge in [0, 0.05) is 0 Å². The Morgan fingerprint density at radius 3 is 2.14 bits per heavy atom. The number of carbonyl (C=O) groups is 1. The Labute approximate surface area is 54.8 Å². The number of amides is 1.